The molecular weight excluding hydrogens is 270 g/mol. The van der Waals surface area contributed by atoms with Gasteiger partial charge in [0.2, 0.25) is 0 Å². The van der Waals surface area contributed by atoms with Gasteiger partial charge < -0.3 is 4.90 Å². The van der Waals surface area contributed by atoms with Crippen LogP contribution in [0.3, 0.4) is 0 Å². The molecule has 0 spiro atoms. The molecule has 0 bridgehead atoms. The fraction of sp³-hybridized carbons (Fsp3) is 0.211. The maximum Gasteiger partial charge on any atom is 0.0568 e. The molecule has 0 saturated carbocycles. The Morgan fingerprint density at radius 1 is 0.864 bits per heavy atom. The summed E-state index contributed by atoms with van der Waals surface area (Å²) in [6.45, 7) is 4.42. The van der Waals surface area contributed by atoms with Crippen molar-refractivity contribution in [2.75, 3.05) is 4.90 Å². The molecule has 3 nitrogen and oxygen atoms in total. The molecule has 0 N–H and O–H groups in total. The Balaban J connectivity index is 1.93. The van der Waals surface area contributed by atoms with E-state index in [0.29, 0.717) is 6.04 Å². The lowest BCUT2D eigenvalue weighted by molar-refractivity contribution is 0.768. The van der Waals surface area contributed by atoms with Gasteiger partial charge in [-0.15, -0.1) is 0 Å². The highest BCUT2D eigenvalue weighted by molar-refractivity contribution is 5.69. The molecule has 1 heterocycles. The van der Waals surface area contributed by atoms with Crippen LogP contribution in [0.1, 0.15) is 13.8 Å². The summed E-state index contributed by atoms with van der Waals surface area (Å²) in [4.78, 5) is 2.34. The van der Waals surface area contributed by atoms with E-state index < -0.39 is 0 Å². The summed E-state index contributed by atoms with van der Waals surface area (Å²) >= 11 is 0. The Morgan fingerprint density at radius 3 is 2.05 bits per heavy atom. The normalized spacial score (nSPS) is 10.9. The second-order valence-electron chi connectivity index (χ2n) is 5.75. The minimum absolute atomic E-state index is 0.395. The number of nitrogens with zero attached hydrogens (tertiary/aromatic N) is 3. The van der Waals surface area contributed by atoms with Crippen LogP contribution in [0.15, 0.2) is 67.0 Å². The van der Waals surface area contributed by atoms with Crippen LogP contribution in [0.4, 0.5) is 11.4 Å². The predicted molar refractivity (Wildman–Crippen MR) is 92.4 cm³/mol. The number of rotatable bonds is 4. The molecule has 0 radical (unpaired) electrons. The molecule has 0 fully saturated rings. The lowest BCUT2D eigenvalue weighted by Gasteiger charge is -2.29. The number of aromatic nitrogens is 2. The molecule has 2 aromatic carbocycles. The van der Waals surface area contributed by atoms with E-state index in [4.69, 9.17) is 0 Å². The van der Waals surface area contributed by atoms with E-state index in [0.717, 1.165) is 5.56 Å². The molecule has 3 heteroatoms. The van der Waals surface area contributed by atoms with Crippen molar-refractivity contribution in [3.63, 3.8) is 0 Å². The van der Waals surface area contributed by atoms with Crippen molar-refractivity contribution in [3.05, 3.63) is 67.0 Å². The quantitative estimate of drug-likeness (QED) is 0.698. The number of benzene rings is 2. The lowest BCUT2D eigenvalue weighted by Crippen LogP contribution is -2.25. The SMILES string of the molecule is CC(C)N(c1ccccc1)c1ccc(-c2cnn(C)c2)cc1. The van der Waals surface area contributed by atoms with Crippen molar-refractivity contribution in [1.29, 1.82) is 0 Å². The minimum Gasteiger partial charge on any atom is -0.339 e. The molecule has 0 amide bonds. The maximum atomic E-state index is 4.23. The van der Waals surface area contributed by atoms with E-state index >= 15 is 0 Å². The molecule has 0 aliphatic heterocycles. The third-order valence-corrected chi connectivity index (χ3v) is 3.73. The van der Waals surface area contributed by atoms with Crippen LogP contribution in [0.25, 0.3) is 11.1 Å². The van der Waals surface area contributed by atoms with Gasteiger partial charge in [0.1, 0.15) is 0 Å². The monoisotopic (exact) mass is 291 g/mol. The zero-order chi connectivity index (χ0) is 15.5. The summed E-state index contributed by atoms with van der Waals surface area (Å²) in [5.74, 6) is 0. The molecule has 3 rings (SSSR count). The van der Waals surface area contributed by atoms with Crippen molar-refractivity contribution in [1.82, 2.24) is 9.78 Å². The number of aryl methyl sites for hydroxylation is 1. The average molecular weight is 291 g/mol. The third kappa shape index (κ3) is 2.89. The van der Waals surface area contributed by atoms with Crippen molar-refractivity contribution in [2.45, 2.75) is 19.9 Å². The lowest BCUT2D eigenvalue weighted by atomic mass is 10.1. The van der Waals surface area contributed by atoms with E-state index in [1.54, 1.807) is 0 Å². The van der Waals surface area contributed by atoms with Gasteiger partial charge in [-0.25, -0.2) is 0 Å². The van der Waals surface area contributed by atoms with Crippen LogP contribution < -0.4 is 4.90 Å². The molecule has 3 aromatic rings. The van der Waals surface area contributed by atoms with Gasteiger partial charge >= 0.3 is 0 Å². The summed E-state index contributed by atoms with van der Waals surface area (Å²) in [5.41, 5.74) is 4.75. The number of para-hydroxylation sites is 1. The van der Waals surface area contributed by atoms with Crippen molar-refractivity contribution < 1.29 is 0 Å². The minimum atomic E-state index is 0.395. The standard InChI is InChI=1S/C19H21N3/c1-15(2)22(18-7-5-4-6-8-18)19-11-9-16(10-12-19)17-13-20-21(3)14-17/h4-15H,1-3H3. The fourth-order valence-electron chi connectivity index (χ4n) is 2.72. The predicted octanol–water partition coefficient (Wildman–Crippen LogP) is 4.63. The van der Waals surface area contributed by atoms with Crippen LogP contribution >= 0.6 is 0 Å². The number of anilines is 2. The summed E-state index contributed by atoms with van der Waals surface area (Å²) in [5, 5.41) is 4.23. The Bertz CT molecular complexity index is 727. The second kappa shape index (κ2) is 6.06. The topological polar surface area (TPSA) is 21.1 Å². The van der Waals surface area contributed by atoms with Gasteiger partial charge in [-0.2, -0.15) is 5.10 Å². The summed E-state index contributed by atoms with van der Waals surface area (Å²) in [6.07, 6.45) is 3.93. The zero-order valence-electron chi connectivity index (χ0n) is 13.3. The first-order valence-corrected chi connectivity index (χ1v) is 7.58. The molecule has 0 unspecified atom stereocenters. The first-order chi connectivity index (χ1) is 10.6. The Kier molecular flexibility index (Phi) is 3.96. The van der Waals surface area contributed by atoms with E-state index in [9.17, 15) is 0 Å². The molecule has 0 saturated heterocycles. The van der Waals surface area contributed by atoms with Crippen LogP contribution in [-0.4, -0.2) is 15.8 Å². The third-order valence-electron chi connectivity index (χ3n) is 3.73. The van der Waals surface area contributed by atoms with E-state index in [2.05, 4.69) is 72.4 Å². The van der Waals surface area contributed by atoms with Crippen molar-refractivity contribution >= 4 is 11.4 Å². The molecule has 0 aliphatic carbocycles. The highest BCUT2D eigenvalue weighted by Crippen LogP contribution is 2.29. The first-order valence-electron chi connectivity index (χ1n) is 7.58. The van der Waals surface area contributed by atoms with Crippen LogP contribution in [0.2, 0.25) is 0 Å². The Labute approximate surface area is 131 Å². The summed E-state index contributed by atoms with van der Waals surface area (Å²) < 4.78 is 1.83. The highest BCUT2D eigenvalue weighted by atomic mass is 15.2. The number of hydrogen-bond donors (Lipinski definition) is 0. The second-order valence-corrected chi connectivity index (χ2v) is 5.75. The molecule has 0 aliphatic rings. The molecule has 22 heavy (non-hydrogen) atoms. The molecule has 1 aromatic heterocycles. The van der Waals surface area contributed by atoms with Gasteiger partial charge in [-0.1, -0.05) is 30.3 Å². The van der Waals surface area contributed by atoms with Gasteiger partial charge in [0.05, 0.1) is 6.20 Å². The van der Waals surface area contributed by atoms with Gasteiger partial charge in [-0.3, -0.25) is 4.68 Å². The van der Waals surface area contributed by atoms with Crippen molar-refractivity contribution in [2.24, 2.45) is 7.05 Å². The van der Waals surface area contributed by atoms with E-state index in [1.807, 2.05) is 30.2 Å². The fourth-order valence-corrected chi connectivity index (χ4v) is 2.72. The summed E-state index contributed by atoms with van der Waals surface area (Å²) in [7, 11) is 1.94. The van der Waals surface area contributed by atoms with Crippen LogP contribution in [0, 0.1) is 0 Å². The Hall–Kier alpha value is -2.55. The van der Waals surface area contributed by atoms with Gasteiger partial charge in [0.15, 0.2) is 0 Å². The van der Waals surface area contributed by atoms with Crippen LogP contribution in [0.5, 0.6) is 0 Å². The van der Waals surface area contributed by atoms with E-state index in [-0.39, 0.29) is 0 Å². The zero-order valence-corrected chi connectivity index (χ0v) is 13.3. The van der Waals surface area contributed by atoms with E-state index in [1.165, 1.54) is 16.9 Å². The first kappa shape index (κ1) is 14.4. The van der Waals surface area contributed by atoms with Crippen molar-refractivity contribution in [3.8, 4) is 11.1 Å². The largest absolute Gasteiger partial charge is 0.339 e. The molecule has 112 valence electrons. The maximum absolute atomic E-state index is 4.23. The van der Waals surface area contributed by atoms with Gasteiger partial charge in [0.25, 0.3) is 0 Å². The smallest absolute Gasteiger partial charge is 0.0568 e. The Morgan fingerprint density at radius 2 is 1.50 bits per heavy atom. The summed E-state index contributed by atoms with van der Waals surface area (Å²) in [6, 6.07) is 19.6. The average Bonchev–Trinajstić information content (AvgIpc) is 2.95. The van der Waals surface area contributed by atoms with Crippen LogP contribution in [-0.2, 0) is 7.05 Å². The highest BCUT2D eigenvalue weighted by Gasteiger charge is 2.12. The molecular formula is C19H21N3. The molecule has 0 atom stereocenters. The van der Waals surface area contributed by atoms with Gasteiger partial charge in [-0.05, 0) is 43.7 Å². The number of hydrogen-bond acceptors (Lipinski definition) is 2. The van der Waals surface area contributed by atoms with Gasteiger partial charge in [0, 0.05) is 36.2 Å².